The average molecular weight is 292 g/mol. The van der Waals surface area contributed by atoms with Gasteiger partial charge in [0.25, 0.3) is 5.91 Å². The summed E-state index contributed by atoms with van der Waals surface area (Å²) in [5.74, 6) is -0.183. The van der Waals surface area contributed by atoms with E-state index in [2.05, 4.69) is 30.3 Å². The van der Waals surface area contributed by atoms with Crippen LogP contribution in [0.25, 0.3) is 0 Å². The van der Waals surface area contributed by atoms with E-state index in [-0.39, 0.29) is 11.9 Å². The van der Waals surface area contributed by atoms with Gasteiger partial charge in [-0.2, -0.15) is 5.10 Å². The fourth-order valence-electron chi connectivity index (χ4n) is 2.31. The fraction of sp³-hybridized carbons (Fsp3) is 0.429. The highest BCUT2D eigenvalue weighted by Crippen LogP contribution is 2.26. The number of aryl methyl sites for hydroxylation is 3. The molecule has 2 heterocycles. The van der Waals surface area contributed by atoms with Gasteiger partial charge in [0, 0.05) is 16.3 Å². The van der Waals surface area contributed by atoms with Crippen molar-refractivity contribution < 1.29 is 4.79 Å². The van der Waals surface area contributed by atoms with Gasteiger partial charge in [-0.05, 0) is 39.3 Å². The molecular formula is C14H20N4OS. The minimum Gasteiger partial charge on any atom is -0.396 e. The van der Waals surface area contributed by atoms with Crippen molar-refractivity contribution in [2.45, 2.75) is 40.3 Å². The predicted molar refractivity (Wildman–Crippen MR) is 82.0 cm³/mol. The number of carbonyl (C=O) groups excluding carboxylic acids is 1. The molecule has 0 saturated heterocycles. The number of aromatic nitrogens is 2. The zero-order valence-corrected chi connectivity index (χ0v) is 13.0. The number of rotatable bonds is 4. The zero-order chi connectivity index (χ0) is 14.9. The molecule has 108 valence electrons. The second-order valence-corrected chi connectivity index (χ2v) is 6.29. The van der Waals surface area contributed by atoms with Crippen LogP contribution >= 0.6 is 11.3 Å². The highest BCUT2D eigenvalue weighted by atomic mass is 32.1. The lowest BCUT2D eigenvalue weighted by Crippen LogP contribution is -2.29. The standard InChI is InChI=1S/C14H20N4OS/c1-5-18-13(12(15)7-16-18)14(19)17-9(3)11-6-8(2)20-10(11)4/h6-7,9H,5,15H2,1-4H3,(H,17,19). The summed E-state index contributed by atoms with van der Waals surface area (Å²) in [7, 11) is 0. The second-order valence-electron chi connectivity index (χ2n) is 4.83. The van der Waals surface area contributed by atoms with Crippen LogP contribution in [0.2, 0.25) is 0 Å². The molecule has 0 aromatic carbocycles. The smallest absolute Gasteiger partial charge is 0.272 e. The van der Waals surface area contributed by atoms with E-state index in [1.54, 1.807) is 16.0 Å². The van der Waals surface area contributed by atoms with Crippen molar-refractivity contribution in [1.29, 1.82) is 0 Å². The summed E-state index contributed by atoms with van der Waals surface area (Å²) in [6, 6.07) is 2.07. The van der Waals surface area contributed by atoms with Crippen LogP contribution in [-0.4, -0.2) is 15.7 Å². The third-order valence-electron chi connectivity index (χ3n) is 3.28. The monoisotopic (exact) mass is 292 g/mol. The summed E-state index contributed by atoms with van der Waals surface area (Å²) >= 11 is 1.74. The molecule has 2 aromatic heterocycles. The van der Waals surface area contributed by atoms with Crippen molar-refractivity contribution in [2.24, 2.45) is 0 Å². The first kappa shape index (κ1) is 14.6. The molecule has 0 radical (unpaired) electrons. The number of hydrogen-bond donors (Lipinski definition) is 2. The van der Waals surface area contributed by atoms with E-state index in [4.69, 9.17) is 5.73 Å². The van der Waals surface area contributed by atoms with E-state index in [0.29, 0.717) is 17.9 Å². The number of nitrogens with one attached hydrogen (secondary N) is 1. The molecular weight excluding hydrogens is 272 g/mol. The van der Waals surface area contributed by atoms with Crippen molar-refractivity contribution in [3.05, 3.63) is 33.3 Å². The summed E-state index contributed by atoms with van der Waals surface area (Å²) in [5.41, 5.74) is 7.82. The second kappa shape index (κ2) is 5.66. The van der Waals surface area contributed by atoms with Gasteiger partial charge < -0.3 is 11.1 Å². The summed E-state index contributed by atoms with van der Waals surface area (Å²) in [6.45, 7) is 8.67. The van der Waals surface area contributed by atoms with Gasteiger partial charge in [-0.25, -0.2) is 0 Å². The summed E-state index contributed by atoms with van der Waals surface area (Å²) < 4.78 is 1.61. The Hall–Kier alpha value is -1.82. The normalized spacial score (nSPS) is 12.4. The molecule has 0 spiro atoms. The van der Waals surface area contributed by atoms with E-state index < -0.39 is 0 Å². The van der Waals surface area contributed by atoms with Gasteiger partial charge in [0.05, 0.1) is 17.9 Å². The van der Waals surface area contributed by atoms with E-state index in [1.807, 2.05) is 13.8 Å². The topological polar surface area (TPSA) is 72.9 Å². The van der Waals surface area contributed by atoms with Crippen LogP contribution in [0, 0.1) is 13.8 Å². The number of thiophene rings is 1. The van der Waals surface area contributed by atoms with Crippen LogP contribution in [0.5, 0.6) is 0 Å². The maximum absolute atomic E-state index is 12.4. The number of amides is 1. The molecule has 0 aliphatic carbocycles. The quantitative estimate of drug-likeness (QED) is 0.910. The first-order valence-corrected chi connectivity index (χ1v) is 7.44. The third-order valence-corrected chi connectivity index (χ3v) is 4.26. The van der Waals surface area contributed by atoms with Crippen molar-refractivity contribution >= 4 is 22.9 Å². The molecule has 1 amide bonds. The molecule has 2 aromatic rings. The molecule has 20 heavy (non-hydrogen) atoms. The Bertz CT molecular complexity index is 629. The minimum atomic E-state index is -0.183. The summed E-state index contributed by atoms with van der Waals surface area (Å²) in [6.07, 6.45) is 1.52. The predicted octanol–water partition coefficient (Wildman–Crippen LogP) is 2.65. The maximum Gasteiger partial charge on any atom is 0.272 e. The molecule has 6 heteroatoms. The number of nitrogens with zero attached hydrogens (tertiary/aromatic N) is 2. The average Bonchev–Trinajstić information content (AvgIpc) is 2.91. The van der Waals surface area contributed by atoms with Gasteiger partial charge in [0.1, 0.15) is 5.69 Å². The zero-order valence-electron chi connectivity index (χ0n) is 12.2. The Labute approximate surface area is 122 Å². The number of carbonyl (C=O) groups is 1. The van der Waals surface area contributed by atoms with E-state index in [9.17, 15) is 4.79 Å². The molecule has 0 aliphatic rings. The van der Waals surface area contributed by atoms with Crippen molar-refractivity contribution in [3.63, 3.8) is 0 Å². The first-order valence-electron chi connectivity index (χ1n) is 6.63. The number of nitrogens with two attached hydrogens (primary N) is 1. The lowest BCUT2D eigenvalue weighted by molar-refractivity contribution is 0.0930. The fourth-order valence-corrected chi connectivity index (χ4v) is 3.33. The summed E-state index contributed by atoms with van der Waals surface area (Å²) in [5, 5.41) is 7.09. The summed E-state index contributed by atoms with van der Waals surface area (Å²) in [4.78, 5) is 14.8. The van der Waals surface area contributed by atoms with Gasteiger partial charge in [-0.15, -0.1) is 11.3 Å². The van der Waals surface area contributed by atoms with Crippen LogP contribution in [-0.2, 0) is 6.54 Å². The van der Waals surface area contributed by atoms with Crippen LogP contribution in [0.3, 0.4) is 0 Å². The minimum absolute atomic E-state index is 0.0490. The lowest BCUT2D eigenvalue weighted by Gasteiger charge is -2.15. The van der Waals surface area contributed by atoms with Gasteiger partial charge in [0.2, 0.25) is 0 Å². The van der Waals surface area contributed by atoms with Gasteiger partial charge in [-0.1, -0.05) is 0 Å². The molecule has 3 N–H and O–H groups in total. The molecule has 0 saturated carbocycles. The SMILES string of the molecule is CCn1ncc(N)c1C(=O)NC(C)c1cc(C)sc1C. The molecule has 0 fully saturated rings. The Morgan fingerprint density at radius 1 is 1.55 bits per heavy atom. The van der Waals surface area contributed by atoms with Gasteiger partial charge >= 0.3 is 0 Å². The third kappa shape index (κ3) is 2.70. The highest BCUT2D eigenvalue weighted by Gasteiger charge is 2.20. The molecule has 0 aliphatic heterocycles. The first-order chi connectivity index (χ1) is 9.43. The van der Waals surface area contributed by atoms with Crippen LogP contribution < -0.4 is 11.1 Å². The number of nitrogen functional groups attached to an aromatic ring is 1. The van der Waals surface area contributed by atoms with Crippen LogP contribution in [0.1, 0.15) is 45.7 Å². The number of anilines is 1. The van der Waals surface area contributed by atoms with Crippen molar-refractivity contribution in [1.82, 2.24) is 15.1 Å². The maximum atomic E-state index is 12.4. The Morgan fingerprint density at radius 3 is 2.80 bits per heavy atom. The van der Waals surface area contributed by atoms with Crippen LogP contribution in [0.15, 0.2) is 12.3 Å². The van der Waals surface area contributed by atoms with Gasteiger partial charge in [-0.3, -0.25) is 9.48 Å². The van der Waals surface area contributed by atoms with Crippen molar-refractivity contribution in [2.75, 3.05) is 5.73 Å². The molecule has 1 atom stereocenters. The lowest BCUT2D eigenvalue weighted by atomic mass is 10.1. The highest BCUT2D eigenvalue weighted by molar-refractivity contribution is 7.12. The molecule has 5 nitrogen and oxygen atoms in total. The van der Waals surface area contributed by atoms with E-state index in [0.717, 1.165) is 5.56 Å². The molecule has 0 bridgehead atoms. The Balaban J connectivity index is 2.19. The van der Waals surface area contributed by atoms with Gasteiger partial charge in [0.15, 0.2) is 0 Å². The number of hydrogen-bond acceptors (Lipinski definition) is 4. The molecule has 2 rings (SSSR count). The van der Waals surface area contributed by atoms with Crippen molar-refractivity contribution in [3.8, 4) is 0 Å². The van der Waals surface area contributed by atoms with E-state index in [1.165, 1.54) is 16.0 Å². The molecule has 1 unspecified atom stereocenters. The Kier molecular flexibility index (Phi) is 4.13. The Morgan fingerprint density at radius 2 is 2.25 bits per heavy atom. The largest absolute Gasteiger partial charge is 0.396 e. The van der Waals surface area contributed by atoms with E-state index >= 15 is 0 Å². The van der Waals surface area contributed by atoms with Crippen LogP contribution in [0.4, 0.5) is 5.69 Å².